The molecule has 0 aliphatic heterocycles. The maximum atomic E-state index is 5.61. The van der Waals surface area contributed by atoms with Gasteiger partial charge in [0.1, 0.15) is 5.82 Å². The van der Waals surface area contributed by atoms with Gasteiger partial charge in [-0.05, 0) is 6.42 Å². The van der Waals surface area contributed by atoms with Crippen LogP contribution >= 0.6 is 12.4 Å². The molecule has 0 amide bonds. The van der Waals surface area contributed by atoms with Crippen molar-refractivity contribution in [2.45, 2.75) is 13.3 Å². The van der Waals surface area contributed by atoms with Crippen molar-refractivity contribution in [1.82, 2.24) is 9.78 Å². The Kier molecular flexibility index (Phi) is 3.22. The van der Waals surface area contributed by atoms with Crippen molar-refractivity contribution >= 4 is 18.2 Å². The summed E-state index contributed by atoms with van der Waals surface area (Å²) in [5.41, 5.74) is 6.74. The van der Waals surface area contributed by atoms with Gasteiger partial charge in [0, 0.05) is 12.6 Å². The zero-order valence-electron chi connectivity index (χ0n) is 6.16. The average Bonchev–Trinajstić information content (AvgIpc) is 2.15. The van der Waals surface area contributed by atoms with Gasteiger partial charge in [0.15, 0.2) is 0 Å². The molecule has 0 atom stereocenters. The highest BCUT2D eigenvalue weighted by molar-refractivity contribution is 5.85. The number of aromatic nitrogens is 2. The molecule has 10 heavy (non-hydrogen) atoms. The van der Waals surface area contributed by atoms with Crippen LogP contribution in [0.4, 0.5) is 5.82 Å². The van der Waals surface area contributed by atoms with Gasteiger partial charge in [-0.3, -0.25) is 4.68 Å². The predicted molar refractivity (Wildman–Crippen MR) is 44.2 cm³/mol. The summed E-state index contributed by atoms with van der Waals surface area (Å²) in [4.78, 5) is 0. The third-order valence-electron chi connectivity index (χ3n) is 1.45. The van der Waals surface area contributed by atoms with Gasteiger partial charge in [0.2, 0.25) is 0 Å². The van der Waals surface area contributed by atoms with E-state index in [0.717, 1.165) is 17.8 Å². The number of halogens is 1. The lowest BCUT2D eigenvalue weighted by molar-refractivity contribution is 0.778. The van der Waals surface area contributed by atoms with Crippen molar-refractivity contribution < 1.29 is 0 Å². The van der Waals surface area contributed by atoms with E-state index in [4.69, 9.17) is 5.73 Å². The molecule has 58 valence electrons. The SMILES string of the molecule is CCc1cnn(C)c1N.Cl. The number of nitrogen functional groups attached to an aromatic ring is 1. The molecule has 0 aromatic carbocycles. The maximum absolute atomic E-state index is 5.61. The Bertz CT molecular complexity index is 207. The molecule has 1 rings (SSSR count). The van der Waals surface area contributed by atoms with Crippen molar-refractivity contribution in [2.24, 2.45) is 7.05 Å². The van der Waals surface area contributed by atoms with Crippen molar-refractivity contribution in [3.8, 4) is 0 Å². The number of hydrogen-bond donors (Lipinski definition) is 1. The fourth-order valence-electron chi connectivity index (χ4n) is 0.765. The number of nitrogens with zero attached hydrogens (tertiary/aromatic N) is 2. The lowest BCUT2D eigenvalue weighted by Gasteiger charge is -1.93. The van der Waals surface area contributed by atoms with Gasteiger partial charge in [-0.1, -0.05) is 6.92 Å². The third-order valence-corrected chi connectivity index (χ3v) is 1.45. The van der Waals surface area contributed by atoms with Crippen LogP contribution < -0.4 is 5.73 Å². The van der Waals surface area contributed by atoms with Crippen LogP contribution in [0.2, 0.25) is 0 Å². The molecule has 2 N–H and O–H groups in total. The van der Waals surface area contributed by atoms with E-state index < -0.39 is 0 Å². The first-order valence-electron chi connectivity index (χ1n) is 3.02. The van der Waals surface area contributed by atoms with E-state index in [1.54, 1.807) is 10.9 Å². The Labute approximate surface area is 66.6 Å². The largest absolute Gasteiger partial charge is 0.384 e. The molecule has 0 aliphatic rings. The van der Waals surface area contributed by atoms with E-state index in [1.165, 1.54) is 0 Å². The minimum Gasteiger partial charge on any atom is -0.384 e. The molecular weight excluding hydrogens is 150 g/mol. The monoisotopic (exact) mass is 161 g/mol. The topological polar surface area (TPSA) is 43.8 Å². The van der Waals surface area contributed by atoms with E-state index in [9.17, 15) is 0 Å². The summed E-state index contributed by atoms with van der Waals surface area (Å²) in [5.74, 6) is 0.775. The average molecular weight is 162 g/mol. The Morgan fingerprint density at radius 3 is 2.50 bits per heavy atom. The van der Waals surface area contributed by atoms with Gasteiger partial charge >= 0.3 is 0 Å². The van der Waals surface area contributed by atoms with Gasteiger partial charge in [-0.2, -0.15) is 5.10 Å². The molecule has 0 saturated heterocycles. The Morgan fingerprint density at radius 1 is 1.70 bits per heavy atom. The highest BCUT2D eigenvalue weighted by Gasteiger charge is 1.99. The summed E-state index contributed by atoms with van der Waals surface area (Å²) in [6, 6.07) is 0. The standard InChI is InChI=1S/C6H11N3.ClH/c1-3-5-4-8-9(2)6(5)7;/h4H,3,7H2,1-2H3;1H. The van der Waals surface area contributed by atoms with Crippen LogP contribution in [0, 0.1) is 0 Å². The van der Waals surface area contributed by atoms with Crippen LogP contribution in [0.1, 0.15) is 12.5 Å². The van der Waals surface area contributed by atoms with Gasteiger partial charge in [0.05, 0.1) is 6.20 Å². The molecule has 3 nitrogen and oxygen atoms in total. The minimum absolute atomic E-state index is 0. The molecule has 0 bridgehead atoms. The molecule has 0 spiro atoms. The second kappa shape index (κ2) is 3.46. The minimum atomic E-state index is 0. The van der Waals surface area contributed by atoms with Gasteiger partial charge in [-0.25, -0.2) is 0 Å². The quantitative estimate of drug-likeness (QED) is 0.668. The van der Waals surface area contributed by atoms with Crippen LogP contribution in [0.15, 0.2) is 6.20 Å². The molecule has 0 saturated carbocycles. The summed E-state index contributed by atoms with van der Waals surface area (Å²) < 4.78 is 1.68. The smallest absolute Gasteiger partial charge is 0.124 e. The van der Waals surface area contributed by atoms with Crippen molar-refractivity contribution in [3.63, 3.8) is 0 Å². The summed E-state index contributed by atoms with van der Waals surface area (Å²) >= 11 is 0. The van der Waals surface area contributed by atoms with Crippen LogP contribution in [0.5, 0.6) is 0 Å². The Hall–Kier alpha value is -0.700. The fraction of sp³-hybridized carbons (Fsp3) is 0.500. The third kappa shape index (κ3) is 1.42. The zero-order chi connectivity index (χ0) is 6.85. The first kappa shape index (κ1) is 9.30. The number of nitrogens with two attached hydrogens (primary N) is 1. The van der Waals surface area contributed by atoms with Crippen LogP contribution in [-0.2, 0) is 13.5 Å². The van der Waals surface area contributed by atoms with Crippen molar-refractivity contribution in [1.29, 1.82) is 0 Å². The maximum Gasteiger partial charge on any atom is 0.124 e. The number of anilines is 1. The van der Waals surface area contributed by atoms with Crippen molar-refractivity contribution in [2.75, 3.05) is 5.73 Å². The lowest BCUT2D eigenvalue weighted by atomic mass is 10.3. The van der Waals surface area contributed by atoms with E-state index in [0.29, 0.717) is 0 Å². The molecule has 0 unspecified atom stereocenters. The predicted octanol–water partition coefficient (Wildman–Crippen LogP) is 0.986. The van der Waals surface area contributed by atoms with Crippen LogP contribution in [0.25, 0.3) is 0 Å². The Balaban J connectivity index is 0.000000810. The normalized spacial score (nSPS) is 9.00. The number of hydrogen-bond acceptors (Lipinski definition) is 2. The second-order valence-corrected chi connectivity index (χ2v) is 2.03. The van der Waals surface area contributed by atoms with Crippen LogP contribution in [-0.4, -0.2) is 9.78 Å². The summed E-state index contributed by atoms with van der Waals surface area (Å²) in [6.45, 7) is 2.06. The van der Waals surface area contributed by atoms with Gasteiger partial charge < -0.3 is 5.73 Å². The first-order chi connectivity index (χ1) is 4.25. The molecule has 1 aromatic rings. The Morgan fingerprint density at radius 2 is 2.30 bits per heavy atom. The number of rotatable bonds is 1. The van der Waals surface area contributed by atoms with E-state index in [1.807, 2.05) is 7.05 Å². The summed E-state index contributed by atoms with van der Waals surface area (Å²) in [6.07, 6.45) is 2.76. The summed E-state index contributed by atoms with van der Waals surface area (Å²) in [7, 11) is 1.84. The zero-order valence-corrected chi connectivity index (χ0v) is 6.98. The highest BCUT2D eigenvalue weighted by atomic mass is 35.5. The molecular formula is C6H12ClN3. The molecule has 1 aromatic heterocycles. The molecule has 0 radical (unpaired) electrons. The molecule has 4 heteroatoms. The van der Waals surface area contributed by atoms with Gasteiger partial charge in [-0.15, -0.1) is 12.4 Å². The number of aryl methyl sites for hydroxylation is 2. The van der Waals surface area contributed by atoms with Crippen molar-refractivity contribution in [3.05, 3.63) is 11.8 Å². The van der Waals surface area contributed by atoms with E-state index in [-0.39, 0.29) is 12.4 Å². The lowest BCUT2D eigenvalue weighted by Crippen LogP contribution is -1.98. The molecule has 1 heterocycles. The van der Waals surface area contributed by atoms with E-state index in [2.05, 4.69) is 12.0 Å². The highest BCUT2D eigenvalue weighted by Crippen LogP contribution is 2.08. The second-order valence-electron chi connectivity index (χ2n) is 2.03. The first-order valence-corrected chi connectivity index (χ1v) is 3.02. The van der Waals surface area contributed by atoms with E-state index >= 15 is 0 Å². The van der Waals surface area contributed by atoms with Crippen LogP contribution in [0.3, 0.4) is 0 Å². The molecule has 0 aliphatic carbocycles. The van der Waals surface area contributed by atoms with Gasteiger partial charge in [0.25, 0.3) is 0 Å². The summed E-state index contributed by atoms with van der Waals surface area (Å²) in [5, 5.41) is 3.98. The fourth-order valence-corrected chi connectivity index (χ4v) is 0.765. The molecule has 0 fully saturated rings.